The second kappa shape index (κ2) is 5.88. The fourth-order valence-electron chi connectivity index (χ4n) is 2.14. The molecular formula is C13H19N3O3. The van der Waals surface area contributed by atoms with Gasteiger partial charge in [-0.3, -0.25) is 9.59 Å². The molecule has 104 valence electrons. The number of hydrogen-bond acceptors (Lipinski definition) is 5. The van der Waals surface area contributed by atoms with Gasteiger partial charge in [-0.2, -0.15) is 0 Å². The van der Waals surface area contributed by atoms with E-state index in [4.69, 9.17) is 10.5 Å². The van der Waals surface area contributed by atoms with E-state index in [0.29, 0.717) is 5.69 Å². The maximum atomic E-state index is 11.8. The lowest BCUT2D eigenvalue weighted by molar-refractivity contribution is -0.151. The standard InChI is InChI=1S/C13H19N3O3/c1-15-6-4-11(5-7-15)19-13(18)9-16-8-10(14)2-3-12(16)17/h2-3,8,11H,4-7,9,14H2,1H3. The van der Waals surface area contributed by atoms with E-state index in [1.807, 2.05) is 7.05 Å². The number of nitrogens with two attached hydrogens (primary N) is 1. The smallest absolute Gasteiger partial charge is 0.326 e. The average Bonchev–Trinajstić information content (AvgIpc) is 2.37. The Morgan fingerprint density at radius 2 is 2.11 bits per heavy atom. The van der Waals surface area contributed by atoms with Gasteiger partial charge in [-0.25, -0.2) is 0 Å². The normalized spacial score (nSPS) is 17.3. The van der Waals surface area contributed by atoms with Crippen LogP contribution in [-0.4, -0.2) is 41.7 Å². The number of aromatic nitrogens is 1. The van der Waals surface area contributed by atoms with Gasteiger partial charge in [0.2, 0.25) is 0 Å². The molecule has 0 aliphatic carbocycles. The quantitative estimate of drug-likeness (QED) is 0.782. The molecule has 1 aromatic heterocycles. The Hall–Kier alpha value is -1.82. The molecule has 1 fully saturated rings. The van der Waals surface area contributed by atoms with Gasteiger partial charge in [0, 0.05) is 31.0 Å². The second-order valence-corrected chi connectivity index (χ2v) is 4.92. The van der Waals surface area contributed by atoms with Crippen LogP contribution in [0.15, 0.2) is 23.1 Å². The Kier molecular flexibility index (Phi) is 4.21. The number of carbonyl (C=O) groups excluding carboxylic acids is 1. The number of esters is 1. The third kappa shape index (κ3) is 3.82. The van der Waals surface area contributed by atoms with Crippen molar-refractivity contribution < 1.29 is 9.53 Å². The average molecular weight is 265 g/mol. The number of ether oxygens (including phenoxy) is 1. The SMILES string of the molecule is CN1CCC(OC(=O)Cn2cc(N)ccc2=O)CC1. The Bertz CT molecular complexity index is 504. The predicted octanol–water partition coefficient (Wildman–Crippen LogP) is 0.0679. The Labute approximate surface area is 111 Å². The monoisotopic (exact) mass is 265 g/mol. The minimum absolute atomic E-state index is 0.0412. The van der Waals surface area contributed by atoms with Gasteiger partial charge in [-0.15, -0.1) is 0 Å². The summed E-state index contributed by atoms with van der Waals surface area (Å²) in [5.74, 6) is -0.387. The molecule has 6 nitrogen and oxygen atoms in total. The summed E-state index contributed by atoms with van der Waals surface area (Å²) >= 11 is 0. The van der Waals surface area contributed by atoms with Crippen LogP contribution in [0.5, 0.6) is 0 Å². The summed E-state index contributed by atoms with van der Waals surface area (Å²) in [6, 6.07) is 2.86. The van der Waals surface area contributed by atoms with Crippen LogP contribution in [0.1, 0.15) is 12.8 Å². The van der Waals surface area contributed by atoms with Crippen molar-refractivity contribution in [3.05, 3.63) is 28.7 Å². The first-order chi connectivity index (χ1) is 9.04. The Balaban J connectivity index is 1.90. The van der Waals surface area contributed by atoms with Crippen molar-refractivity contribution in [2.45, 2.75) is 25.5 Å². The van der Waals surface area contributed by atoms with Crippen LogP contribution in [0.4, 0.5) is 5.69 Å². The van der Waals surface area contributed by atoms with E-state index >= 15 is 0 Å². The number of pyridine rings is 1. The largest absolute Gasteiger partial charge is 0.461 e. The molecule has 2 N–H and O–H groups in total. The van der Waals surface area contributed by atoms with E-state index in [0.717, 1.165) is 25.9 Å². The highest BCUT2D eigenvalue weighted by molar-refractivity contribution is 5.69. The number of anilines is 1. The summed E-state index contributed by atoms with van der Waals surface area (Å²) in [5.41, 5.74) is 5.78. The van der Waals surface area contributed by atoms with Crippen molar-refractivity contribution in [2.75, 3.05) is 25.9 Å². The molecule has 1 saturated heterocycles. The van der Waals surface area contributed by atoms with Crippen molar-refractivity contribution in [3.8, 4) is 0 Å². The zero-order chi connectivity index (χ0) is 13.8. The fourth-order valence-corrected chi connectivity index (χ4v) is 2.14. The van der Waals surface area contributed by atoms with Gasteiger partial charge in [0.1, 0.15) is 12.6 Å². The maximum absolute atomic E-state index is 11.8. The summed E-state index contributed by atoms with van der Waals surface area (Å²) in [6.45, 7) is 1.77. The summed E-state index contributed by atoms with van der Waals surface area (Å²) < 4.78 is 6.64. The lowest BCUT2D eigenvalue weighted by Crippen LogP contribution is -2.36. The Morgan fingerprint density at radius 1 is 1.42 bits per heavy atom. The zero-order valence-electron chi connectivity index (χ0n) is 11.0. The molecule has 2 rings (SSSR count). The number of piperidine rings is 1. The molecule has 1 aliphatic heterocycles. The molecule has 0 spiro atoms. The molecule has 2 heterocycles. The van der Waals surface area contributed by atoms with E-state index in [2.05, 4.69) is 4.90 Å². The molecular weight excluding hydrogens is 246 g/mol. The van der Waals surface area contributed by atoms with Gasteiger partial charge in [-0.05, 0) is 26.0 Å². The molecule has 0 atom stereocenters. The van der Waals surface area contributed by atoms with Crippen LogP contribution in [0.25, 0.3) is 0 Å². The number of nitrogen functional groups attached to an aromatic ring is 1. The van der Waals surface area contributed by atoms with E-state index in [1.54, 1.807) is 0 Å². The molecule has 1 aromatic rings. The molecule has 0 unspecified atom stereocenters. The van der Waals surface area contributed by atoms with E-state index in [1.165, 1.54) is 22.9 Å². The third-order valence-electron chi connectivity index (χ3n) is 3.27. The van der Waals surface area contributed by atoms with Crippen LogP contribution in [0, 0.1) is 0 Å². The van der Waals surface area contributed by atoms with Gasteiger partial charge in [0.05, 0.1) is 0 Å². The minimum atomic E-state index is -0.387. The van der Waals surface area contributed by atoms with Crippen molar-refractivity contribution in [3.63, 3.8) is 0 Å². The first-order valence-corrected chi connectivity index (χ1v) is 6.38. The molecule has 1 aliphatic rings. The van der Waals surface area contributed by atoms with Crippen molar-refractivity contribution in [1.82, 2.24) is 9.47 Å². The van der Waals surface area contributed by atoms with Crippen LogP contribution in [0.2, 0.25) is 0 Å². The maximum Gasteiger partial charge on any atom is 0.326 e. The third-order valence-corrected chi connectivity index (χ3v) is 3.27. The van der Waals surface area contributed by atoms with Gasteiger partial charge < -0.3 is 19.9 Å². The molecule has 0 aromatic carbocycles. The lowest BCUT2D eigenvalue weighted by Gasteiger charge is -2.28. The van der Waals surface area contributed by atoms with Crippen LogP contribution < -0.4 is 11.3 Å². The highest BCUT2D eigenvalue weighted by Gasteiger charge is 2.20. The fraction of sp³-hybridized carbons (Fsp3) is 0.538. The molecule has 0 radical (unpaired) electrons. The Morgan fingerprint density at radius 3 is 2.79 bits per heavy atom. The predicted molar refractivity (Wildman–Crippen MR) is 71.7 cm³/mol. The topological polar surface area (TPSA) is 77.6 Å². The van der Waals surface area contributed by atoms with Gasteiger partial charge in [0.25, 0.3) is 5.56 Å². The van der Waals surface area contributed by atoms with Crippen LogP contribution in [0.3, 0.4) is 0 Å². The summed E-state index contributed by atoms with van der Waals surface area (Å²) in [6.07, 6.45) is 3.10. The molecule has 19 heavy (non-hydrogen) atoms. The lowest BCUT2D eigenvalue weighted by atomic mass is 10.1. The number of likely N-dealkylation sites (tertiary alicyclic amines) is 1. The molecule has 0 bridgehead atoms. The van der Waals surface area contributed by atoms with E-state index < -0.39 is 0 Å². The first kappa shape index (κ1) is 13.6. The highest BCUT2D eigenvalue weighted by Crippen LogP contribution is 2.12. The molecule has 6 heteroatoms. The van der Waals surface area contributed by atoms with Crippen molar-refractivity contribution >= 4 is 11.7 Å². The first-order valence-electron chi connectivity index (χ1n) is 6.38. The summed E-state index contributed by atoms with van der Waals surface area (Å²) in [4.78, 5) is 25.5. The zero-order valence-corrected chi connectivity index (χ0v) is 11.0. The summed E-state index contributed by atoms with van der Waals surface area (Å²) in [5, 5.41) is 0. The van der Waals surface area contributed by atoms with Gasteiger partial charge in [0.15, 0.2) is 0 Å². The van der Waals surface area contributed by atoms with Crippen LogP contribution in [-0.2, 0) is 16.1 Å². The van der Waals surface area contributed by atoms with Crippen LogP contribution >= 0.6 is 0 Å². The van der Waals surface area contributed by atoms with E-state index in [-0.39, 0.29) is 24.2 Å². The highest BCUT2D eigenvalue weighted by atomic mass is 16.5. The van der Waals surface area contributed by atoms with Gasteiger partial charge >= 0.3 is 5.97 Å². The number of nitrogens with zero attached hydrogens (tertiary/aromatic N) is 2. The number of rotatable bonds is 3. The van der Waals surface area contributed by atoms with E-state index in [9.17, 15) is 9.59 Å². The minimum Gasteiger partial charge on any atom is -0.461 e. The molecule has 0 amide bonds. The van der Waals surface area contributed by atoms with Gasteiger partial charge in [-0.1, -0.05) is 0 Å². The second-order valence-electron chi connectivity index (χ2n) is 4.92. The van der Waals surface area contributed by atoms with Crippen molar-refractivity contribution in [2.24, 2.45) is 0 Å². The van der Waals surface area contributed by atoms with Crippen molar-refractivity contribution in [1.29, 1.82) is 0 Å². The molecule has 0 saturated carbocycles. The number of hydrogen-bond donors (Lipinski definition) is 1. The number of carbonyl (C=O) groups is 1. The summed E-state index contributed by atoms with van der Waals surface area (Å²) in [7, 11) is 2.05.